The zero-order valence-corrected chi connectivity index (χ0v) is 10.2. The molecule has 4 fully saturated rings. The molecule has 4 aliphatic carbocycles. The first-order valence-electron chi connectivity index (χ1n) is 6.31. The van der Waals surface area contributed by atoms with E-state index in [-0.39, 0.29) is 5.60 Å². The Hall–Kier alpha value is -0.730. The van der Waals surface area contributed by atoms with Gasteiger partial charge in [-0.25, -0.2) is 4.79 Å². The van der Waals surface area contributed by atoms with Crippen LogP contribution in [0.15, 0.2) is 0 Å². The van der Waals surface area contributed by atoms with Crippen molar-refractivity contribution in [2.45, 2.75) is 58.0 Å². The monoisotopic (exact) mass is 223 g/mol. The molecule has 90 valence electrons. The lowest BCUT2D eigenvalue weighted by Gasteiger charge is -2.64. The van der Waals surface area contributed by atoms with Crippen LogP contribution in [0.3, 0.4) is 0 Å². The van der Waals surface area contributed by atoms with Gasteiger partial charge in [0.25, 0.3) is 0 Å². The number of primary amides is 1. The zero-order chi connectivity index (χ0) is 11.6. The summed E-state index contributed by atoms with van der Waals surface area (Å²) in [4.78, 5) is 11.1. The molecule has 0 saturated heterocycles. The molecule has 4 bridgehead atoms. The number of carbonyl (C=O) groups is 1. The Balaban J connectivity index is 1.95. The van der Waals surface area contributed by atoms with Gasteiger partial charge in [-0.15, -0.1) is 0 Å². The number of carbonyl (C=O) groups excluding carboxylic acids is 1. The summed E-state index contributed by atoms with van der Waals surface area (Å²) in [5.41, 5.74) is 5.77. The highest BCUT2D eigenvalue weighted by atomic mass is 16.6. The summed E-state index contributed by atoms with van der Waals surface area (Å²) < 4.78 is 5.52. The van der Waals surface area contributed by atoms with Crippen LogP contribution in [0.1, 0.15) is 52.4 Å². The first-order valence-corrected chi connectivity index (χ1v) is 6.31. The van der Waals surface area contributed by atoms with Crippen LogP contribution in [0.25, 0.3) is 0 Å². The lowest BCUT2D eigenvalue weighted by molar-refractivity contribution is -0.188. The van der Waals surface area contributed by atoms with Crippen LogP contribution >= 0.6 is 0 Å². The summed E-state index contributed by atoms with van der Waals surface area (Å²) in [5.74, 6) is 0.741. The maximum atomic E-state index is 11.1. The van der Waals surface area contributed by atoms with Crippen LogP contribution in [-0.2, 0) is 4.74 Å². The van der Waals surface area contributed by atoms with E-state index in [9.17, 15) is 4.79 Å². The number of nitrogens with two attached hydrogens (primary N) is 1. The summed E-state index contributed by atoms with van der Waals surface area (Å²) in [6.45, 7) is 4.71. The minimum Gasteiger partial charge on any atom is -0.443 e. The SMILES string of the molecule is CC12CC3CC(C)(C1)CC(OC(N)=O)(C3)C2. The molecule has 4 aliphatic rings. The molecule has 3 heteroatoms. The van der Waals surface area contributed by atoms with Gasteiger partial charge in [0.05, 0.1) is 0 Å². The fourth-order valence-corrected chi connectivity index (χ4v) is 5.67. The normalized spacial score (nSPS) is 54.0. The maximum Gasteiger partial charge on any atom is 0.405 e. The summed E-state index contributed by atoms with van der Waals surface area (Å²) in [5, 5.41) is 0. The van der Waals surface area contributed by atoms with Crippen LogP contribution in [-0.4, -0.2) is 11.7 Å². The molecule has 1 amide bonds. The van der Waals surface area contributed by atoms with Gasteiger partial charge in [0.1, 0.15) is 5.60 Å². The third-order valence-electron chi connectivity index (χ3n) is 4.89. The van der Waals surface area contributed by atoms with E-state index in [1.54, 1.807) is 0 Å². The van der Waals surface area contributed by atoms with Crippen molar-refractivity contribution in [2.75, 3.05) is 0 Å². The van der Waals surface area contributed by atoms with Gasteiger partial charge in [0.15, 0.2) is 0 Å². The van der Waals surface area contributed by atoms with E-state index in [4.69, 9.17) is 10.5 Å². The second-order valence-electron chi connectivity index (χ2n) is 7.23. The minimum absolute atomic E-state index is 0.227. The van der Waals surface area contributed by atoms with Gasteiger partial charge in [-0.2, -0.15) is 0 Å². The van der Waals surface area contributed by atoms with Gasteiger partial charge in [-0.05, 0) is 55.3 Å². The van der Waals surface area contributed by atoms with Crippen molar-refractivity contribution in [3.05, 3.63) is 0 Å². The molecule has 0 aromatic rings. The minimum atomic E-state index is -0.589. The van der Waals surface area contributed by atoms with Crippen LogP contribution in [0.2, 0.25) is 0 Å². The Morgan fingerprint density at radius 2 is 1.69 bits per heavy atom. The Labute approximate surface area is 96.7 Å². The number of amides is 1. The number of hydrogen-bond donors (Lipinski definition) is 1. The third-order valence-corrected chi connectivity index (χ3v) is 4.89. The summed E-state index contributed by atoms with van der Waals surface area (Å²) in [7, 11) is 0. The molecule has 16 heavy (non-hydrogen) atoms. The molecule has 0 spiro atoms. The predicted octanol–water partition coefficient (Wildman–Crippen LogP) is 2.83. The first kappa shape index (κ1) is 10.4. The fraction of sp³-hybridized carbons (Fsp3) is 0.923. The second kappa shape index (κ2) is 2.74. The van der Waals surface area contributed by atoms with Crippen molar-refractivity contribution >= 4 is 6.09 Å². The van der Waals surface area contributed by atoms with Gasteiger partial charge in [-0.3, -0.25) is 0 Å². The van der Waals surface area contributed by atoms with Crippen molar-refractivity contribution in [1.29, 1.82) is 0 Å². The average Bonchev–Trinajstić information content (AvgIpc) is 1.91. The topological polar surface area (TPSA) is 52.3 Å². The Bertz CT molecular complexity index is 334. The standard InChI is InChI=1S/C13H21NO2/c1-11-3-9-4-12(2,6-11)8-13(5-9,7-11)16-10(14)15/h9H,3-8H2,1-2H3,(H2,14,15). The van der Waals surface area contributed by atoms with Crippen LogP contribution in [0, 0.1) is 16.7 Å². The van der Waals surface area contributed by atoms with E-state index in [0.29, 0.717) is 10.8 Å². The third kappa shape index (κ3) is 1.44. The Morgan fingerprint density at radius 3 is 2.12 bits per heavy atom. The average molecular weight is 223 g/mol. The molecule has 3 nitrogen and oxygen atoms in total. The van der Waals surface area contributed by atoms with E-state index in [1.807, 2.05) is 0 Å². The fourth-order valence-electron chi connectivity index (χ4n) is 5.67. The zero-order valence-electron chi connectivity index (χ0n) is 10.2. The summed E-state index contributed by atoms with van der Waals surface area (Å²) in [6, 6.07) is 0. The second-order valence-corrected chi connectivity index (χ2v) is 7.23. The van der Waals surface area contributed by atoms with E-state index in [1.165, 1.54) is 19.3 Å². The van der Waals surface area contributed by atoms with Crippen molar-refractivity contribution in [3.8, 4) is 0 Å². The Kier molecular flexibility index (Phi) is 1.79. The maximum absolute atomic E-state index is 11.1. The molecule has 0 radical (unpaired) electrons. The number of ether oxygens (including phenoxy) is 1. The molecular weight excluding hydrogens is 202 g/mol. The van der Waals surface area contributed by atoms with E-state index in [2.05, 4.69) is 13.8 Å². The van der Waals surface area contributed by atoms with Crippen molar-refractivity contribution < 1.29 is 9.53 Å². The molecule has 2 N–H and O–H groups in total. The first-order chi connectivity index (χ1) is 7.32. The highest BCUT2D eigenvalue weighted by Gasteiger charge is 2.61. The Morgan fingerprint density at radius 1 is 1.12 bits per heavy atom. The molecule has 2 atom stereocenters. The van der Waals surface area contributed by atoms with Crippen molar-refractivity contribution in [3.63, 3.8) is 0 Å². The molecule has 4 rings (SSSR count). The molecular formula is C13H21NO2. The molecule has 4 saturated carbocycles. The van der Waals surface area contributed by atoms with Crippen LogP contribution in [0.4, 0.5) is 4.79 Å². The van der Waals surface area contributed by atoms with Gasteiger partial charge in [0, 0.05) is 0 Å². The molecule has 0 aliphatic heterocycles. The highest BCUT2D eigenvalue weighted by molar-refractivity contribution is 5.65. The highest BCUT2D eigenvalue weighted by Crippen LogP contribution is 2.67. The van der Waals surface area contributed by atoms with Crippen LogP contribution in [0.5, 0.6) is 0 Å². The van der Waals surface area contributed by atoms with Crippen molar-refractivity contribution in [2.24, 2.45) is 22.5 Å². The summed E-state index contributed by atoms with van der Waals surface area (Å²) in [6.07, 6.45) is 6.42. The van der Waals surface area contributed by atoms with Crippen molar-refractivity contribution in [1.82, 2.24) is 0 Å². The molecule has 0 heterocycles. The molecule has 2 unspecified atom stereocenters. The predicted molar refractivity (Wildman–Crippen MR) is 60.8 cm³/mol. The molecule has 0 aromatic carbocycles. The molecule has 0 aromatic heterocycles. The number of hydrogen-bond acceptors (Lipinski definition) is 2. The largest absolute Gasteiger partial charge is 0.443 e. The smallest absolute Gasteiger partial charge is 0.405 e. The lowest BCUT2D eigenvalue weighted by atomic mass is 9.43. The van der Waals surface area contributed by atoms with E-state index < -0.39 is 6.09 Å². The van der Waals surface area contributed by atoms with Gasteiger partial charge in [0.2, 0.25) is 0 Å². The van der Waals surface area contributed by atoms with Gasteiger partial charge in [-0.1, -0.05) is 13.8 Å². The summed E-state index contributed by atoms with van der Waals surface area (Å²) >= 11 is 0. The van der Waals surface area contributed by atoms with E-state index >= 15 is 0 Å². The quantitative estimate of drug-likeness (QED) is 0.743. The van der Waals surface area contributed by atoms with E-state index in [0.717, 1.165) is 25.2 Å². The number of rotatable bonds is 1. The van der Waals surface area contributed by atoms with Gasteiger partial charge >= 0.3 is 6.09 Å². The lowest BCUT2D eigenvalue weighted by Crippen LogP contribution is -2.60. The van der Waals surface area contributed by atoms with Gasteiger partial charge < -0.3 is 10.5 Å². The van der Waals surface area contributed by atoms with Crippen LogP contribution < -0.4 is 5.73 Å².